The second-order valence-electron chi connectivity index (χ2n) is 11.7. The van der Waals surface area contributed by atoms with E-state index in [1.807, 2.05) is 61.2 Å². The molecule has 3 aromatic rings. The number of amides is 1. The summed E-state index contributed by atoms with van der Waals surface area (Å²) in [6, 6.07) is 15.8. The Morgan fingerprint density at radius 3 is 2.49 bits per heavy atom. The Morgan fingerprint density at radius 2 is 1.76 bits per heavy atom. The van der Waals surface area contributed by atoms with Crippen LogP contribution in [0.5, 0.6) is 0 Å². The summed E-state index contributed by atoms with van der Waals surface area (Å²) >= 11 is 0. The fourth-order valence-electron chi connectivity index (χ4n) is 6.25. The lowest BCUT2D eigenvalue weighted by Gasteiger charge is -2.40. The van der Waals surface area contributed by atoms with Gasteiger partial charge in [-0.15, -0.1) is 0 Å². The first-order valence-corrected chi connectivity index (χ1v) is 14.0. The molecule has 1 aliphatic carbocycles. The van der Waals surface area contributed by atoms with Crippen LogP contribution in [0.15, 0.2) is 78.1 Å². The number of halogens is 2. The minimum absolute atomic E-state index is 0.0722. The van der Waals surface area contributed by atoms with E-state index in [4.69, 9.17) is 0 Å². The van der Waals surface area contributed by atoms with Crippen molar-refractivity contribution >= 4 is 28.9 Å². The molecule has 1 aromatic heterocycles. The summed E-state index contributed by atoms with van der Waals surface area (Å²) in [4.78, 5) is 37.8. The molecule has 2 aromatic carbocycles. The van der Waals surface area contributed by atoms with Crippen molar-refractivity contribution in [3.63, 3.8) is 0 Å². The van der Waals surface area contributed by atoms with E-state index in [9.17, 15) is 14.0 Å². The number of Topliss-reactive ketones (excluding diaryl/α,β-unsaturated/α-hetero) is 1. The lowest BCUT2D eigenvalue weighted by molar-refractivity contribution is -0.130. The van der Waals surface area contributed by atoms with Gasteiger partial charge >= 0.3 is 0 Å². The maximum Gasteiger partial charge on any atom is 0.242 e. The van der Waals surface area contributed by atoms with Gasteiger partial charge in [-0.1, -0.05) is 38.1 Å². The van der Waals surface area contributed by atoms with Gasteiger partial charge in [0.2, 0.25) is 5.91 Å². The summed E-state index contributed by atoms with van der Waals surface area (Å²) in [5.74, 6) is -0.804. The van der Waals surface area contributed by atoms with Crippen LogP contribution in [0.3, 0.4) is 0 Å². The quantitative estimate of drug-likeness (QED) is 0.468. The van der Waals surface area contributed by atoms with Gasteiger partial charge in [0.25, 0.3) is 0 Å². The highest BCUT2D eigenvalue weighted by molar-refractivity contribution is 6.02. The first-order chi connectivity index (χ1) is 19.7. The van der Waals surface area contributed by atoms with Crippen molar-refractivity contribution in [3.05, 3.63) is 95.3 Å². The normalized spacial score (nSPS) is 20.2. The van der Waals surface area contributed by atoms with E-state index in [1.165, 1.54) is 12.1 Å². The molecule has 1 N–H and O–H groups in total. The van der Waals surface area contributed by atoms with Gasteiger partial charge in [0.05, 0.1) is 24.0 Å². The molecule has 2 aliphatic heterocycles. The SMILES string of the molecule is CC1(C)CC(=O)C2=C(C1)Nc1ccccc1N(CC(=O)N1CCN(c3ccccn3)CC1)C2c1ccc(F)cc1F. The molecule has 1 unspecified atom stereocenters. The number of anilines is 3. The van der Waals surface area contributed by atoms with Gasteiger partial charge < -0.3 is 20.0 Å². The third kappa shape index (κ3) is 5.28. The Labute approximate surface area is 238 Å². The molecule has 1 amide bonds. The number of allylic oxidation sites excluding steroid dienone is 1. The van der Waals surface area contributed by atoms with Crippen molar-refractivity contribution in [2.45, 2.75) is 32.7 Å². The van der Waals surface area contributed by atoms with Crippen molar-refractivity contribution in [2.75, 3.05) is 47.8 Å². The Bertz CT molecular complexity index is 1520. The fourth-order valence-corrected chi connectivity index (χ4v) is 6.25. The van der Waals surface area contributed by atoms with Crippen molar-refractivity contribution in [1.29, 1.82) is 0 Å². The van der Waals surface area contributed by atoms with Crippen molar-refractivity contribution in [1.82, 2.24) is 9.88 Å². The molecule has 212 valence electrons. The zero-order valence-electron chi connectivity index (χ0n) is 23.2. The average molecular weight is 558 g/mol. The van der Waals surface area contributed by atoms with Gasteiger partial charge in [0, 0.05) is 61.7 Å². The zero-order chi connectivity index (χ0) is 28.7. The molecule has 0 bridgehead atoms. The van der Waals surface area contributed by atoms with Crippen LogP contribution in [-0.2, 0) is 9.59 Å². The number of benzene rings is 2. The van der Waals surface area contributed by atoms with Crippen LogP contribution in [0, 0.1) is 17.0 Å². The van der Waals surface area contributed by atoms with Gasteiger partial charge in [-0.25, -0.2) is 13.8 Å². The van der Waals surface area contributed by atoms with Crippen LogP contribution in [0.25, 0.3) is 0 Å². The molecule has 1 fully saturated rings. The minimum Gasteiger partial charge on any atom is -0.357 e. The van der Waals surface area contributed by atoms with E-state index in [1.54, 1.807) is 11.1 Å². The molecule has 41 heavy (non-hydrogen) atoms. The highest BCUT2D eigenvalue weighted by atomic mass is 19.1. The Balaban J connectivity index is 1.38. The predicted molar refractivity (Wildman–Crippen MR) is 155 cm³/mol. The summed E-state index contributed by atoms with van der Waals surface area (Å²) in [5, 5.41) is 3.47. The summed E-state index contributed by atoms with van der Waals surface area (Å²) in [7, 11) is 0. The fraction of sp³-hybridized carbons (Fsp3) is 0.344. The van der Waals surface area contributed by atoms with Crippen LogP contribution in [0.1, 0.15) is 38.3 Å². The molecule has 9 heteroatoms. The Kier molecular flexibility index (Phi) is 6.97. The van der Waals surface area contributed by atoms with Crippen molar-refractivity contribution in [2.24, 2.45) is 5.41 Å². The van der Waals surface area contributed by atoms with Crippen LogP contribution >= 0.6 is 0 Å². The molecule has 3 heterocycles. The van der Waals surface area contributed by atoms with Crippen LogP contribution in [-0.4, -0.2) is 54.3 Å². The van der Waals surface area contributed by atoms with Crippen LogP contribution in [0.2, 0.25) is 0 Å². The van der Waals surface area contributed by atoms with Gasteiger partial charge in [-0.2, -0.15) is 0 Å². The number of carbonyl (C=O) groups excluding carboxylic acids is 2. The van der Waals surface area contributed by atoms with E-state index in [0.717, 1.165) is 17.6 Å². The molecular formula is C32H33F2N5O2. The molecule has 6 rings (SSSR count). The first-order valence-electron chi connectivity index (χ1n) is 14.0. The number of carbonyl (C=O) groups is 2. The summed E-state index contributed by atoms with van der Waals surface area (Å²) < 4.78 is 29.6. The third-order valence-electron chi connectivity index (χ3n) is 8.17. The molecule has 1 saturated heterocycles. The number of pyridine rings is 1. The van der Waals surface area contributed by atoms with Gasteiger partial charge in [0.15, 0.2) is 5.78 Å². The topological polar surface area (TPSA) is 68.8 Å². The zero-order valence-corrected chi connectivity index (χ0v) is 23.2. The Morgan fingerprint density at radius 1 is 1.00 bits per heavy atom. The summed E-state index contributed by atoms with van der Waals surface area (Å²) in [5.41, 5.74) is 2.44. The number of ketones is 1. The molecule has 3 aliphatic rings. The molecular weight excluding hydrogens is 524 g/mol. The first kappa shape index (κ1) is 26.9. The van der Waals surface area contributed by atoms with E-state index in [0.29, 0.717) is 56.0 Å². The van der Waals surface area contributed by atoms with Gasteiger partial charge in [0.1, 0.15) is 17.5 Å². The largest absolute Gasteiger partial charge is 0.357 e. The molecule has 0 radical (unpaired) electrons. The second-order valence-corrected chi connectivity index (χ2v) is 11.7. The highest BCUT2D eigenvalue weighted by Crippen LogP contribution is 2.48. The van der Waals surface area contributed by atoms with Gasteiger partial charge in [-0.05, 0) is 42.2 Å². The predicted octanol–water partition coefficient (Wildman–Crippen LogP) is 5.33. The molecule has 0 saturated carbocycles. The van der Waals surface area contributed by atoms with E-state index in [2.05, 4.69) is 15.2 Å². The lowest BCUT2D eigenvalue weighted by Crippen LogP contribution is -2.52. The standard InChI is InChI=1S/C32H33F2N5O2/c1-32(2)18-25-30(27(40)19-32)31(22-11-10-21(33)17-23(22)34)39(26-8-4-3-7-24(26)36-25)20-29(41)38-15-13-37(14-16-38)28-9-5-6-12-35-28/h3-12,17,31,36H,13-16,18-20H2,1-2H3. The highest BCUT2D eigenvalue weighted by Gasteiger charge is 2.43. The summed E-state index contributed by atoms with van der Waals surface area (Å²) in [6.07, 6.45) is 2.63. The number of hydrogen-bond donors (Lipinski definition) is 1. The maximum atomic E-state index is 15.5. The monoisotopic (exact) mass is 557 g/mol. The Hall–Kier alpha value is -4.27. The number of hydrogen-bond acceptors (Lipinski definition) is 6. The van der Waals surface area contributed by atoms with Crippen LogP contribution < -0.4 is 15.1 Å². The average Bonchev–Trinajstić information content (AvgIpc) is 3.07. The van der Waals surface area contributed by atoms with E-state index >= 15 is 4.39 Å². The number of fused-ring (bicyclic) bond motifs is 1. The number of aromatic nitrogens is 1. The summed E-state index contributed by atoms with van der Waals surface area (Å²) in [6.45, 7) is 6.30. The molecule has 1 atom stereocenters. The van der Waals surface area contributed by atoms with Crippen molar-refractivity contribution in [3.8, 4) is 0 Å². The number of nitrogens with one attached hydrogen (secondary N) is 1. The van der Waals surface area contributed by atoms with E-state index < -0.39 is 17.7 Å². The number of rotatable bonds is 4. The van der Waals surface area contributed by atoms with Crippen molar-refractivity contribution < 1.29 is 18.4 Å². The van der Waals surface area contributed by atoms with E-state index in [-0.39, 0.29) is 29.2 Å². The maximum absolute atomic E-state index is 15.5. The smallest absolute Gasteiger partial charge is 0.242 e. The second kappa shape index (κ2) is 10.6. The third-order valence-corrected chi connectivity index (χ3v) is 8.17. The minimum atomic E-state index is -0.899. The lowest BCUT2D eigenvalue weighted by atomic mass is 9.73. The number of piperazine rings is 1. The molecule has 0 spiro atoms. The van der Waals surface area contributed by atoms with Gasteiger partial charge in [-0.3, -0.25) is 9.59 Å². The number of nitrogens with zero attached hydrogens (tertiary/aromatic N) is 4. The number of para-hydroxylation sites is 2. The molecule has 7 nitrogen and oxygen atoms in total. The van der Waals surface area contributed by atoms with Crippen LogP contribution in [0.4, 0.5) is 26.0 Å².